The lowest BCUT2D eigenvalue weighted by Crippen LogP contribution is -1.98. The zero-order valence-electron chi connectivity index (χ0n) is 36.3. The molecule has 0 spiro atoms. The van der Waals surface area contributed by atoms with Crippen LogP contribution in [0.3, 0.4) is 0 Å². The summed E-state index contributed by atoms with van der Waals surface area (Å²) >= 11 is 0. The van der Waals surface area contributed by atoms with E-state index in [4.69, 9.17) is 9.97 Å². The van der Waals surface area contributed by atoms with Crippen molar-refractivity contribution in [1.29, 1.82) is 0 Å². The van der Waals surface area contributed by atoms with Gasteiger partial charge in [0.15, 0.2) is 0 Å². The van der Waals surface area contributed by atoms with E-state index in [9.17, 15) is 0 Å². The monoisotopic (exact) mass is 759 g/mol. The Balaban J connectivity index is 1.67. The van der Waals surface area contributed by atoms with Gasteiger partial charge in [0.05, 0.1) is 22.8 Å². The van der Waals surface area contributed by atoms with Crippen LogP contribution in [-0.4, -0.2) is 19.9 Å². The molecule has 2 aliphatic rings. The number of aromatic nitrogens is 4. The number of fused-ring (bicyclic) bond motifs is 8. The molecular formula is C52H78N4. The van der Waals surface area contributed by atoms with E-state index in [1.165, 1.54) is 193 Å². The molecule has 56 heavy (non-hydrogen) atoms. The van der Waals surface area contributed by atoms with Gasteiger partial charge in [-0.25, -0.2) is 9.97 Å². The number of hydrogen-bond donors (Lipinski definition) is 2. The first-order valence-electron chi connectivity index (χ1n) is 23.8. The van der Waals surface area contributed by atoms with Gasteiger partial charge in [0.25, 0.3) is 0 Å². The summed E-state index contributed by atoms with van der Waals surface area (Å²) in [6.45, 7) is 9.27. The van der Waals surface area contributed by atoms with Crippen LogP contribution in [0.15, 0.2) is 36.4 Å². The lowest BCUT2D eigenvalue weighted by Gasteiger charge is -2.13. The molecule has 0 amide bonds. The number of aryl methyl sites for hydroxylation is 2. The molecule has 2 N–H and O–H groups in total. The number of nitrogens with one attached hydrogen (secondary N) is 2. The average molecular weight is 759 g/mol. The van der Waals surface area contributed by atoms with E-state index in [0.29, 0.717) is 0 Å². The Kier molecular flexibility index (Phi) is 19.6. The topological polar surface area (TPSA) is 57.4 Å². The van der Waals surface area contributed by atoms with Crippen molar-refractivity contribution in [3.05, 3.63) is 70.3 Å². The van der Waals surface area contributed by atoms with Crippen LogP contribution in [-0.2, 0) is 12.8 Å². The number of H-pyrrole nitrogens is 2. The molecule has 0 unspecified atom stereocenters. The minimum Gasteiger partial charge on any atom is -0.355 e. The van der Waals surface area contributed by atoms with Gasteiger partial charge in [-0.05, 0) is 117 Å². The molecule has 5 rings (SSSR count). The summed E-state index contributed by atoms with van der Waals surface area (Å²) in [7, 11) is 0. The Morgan fingerprint density at radius 3 is 1.48 bits per heavy atom. The quantitative estimate of drug-likeness (QED) is 0.0567. The fourth-order valence-electron chi connectivity index (χ4n) is 8.86. The van der Waals surface area contributed by atoms with Gasteiger partial charge in [0, 0.05) is 27.6 Å². The van der Waals surface area contributed by atoms with Gasteiger partial charge < -0.3 is 9.97 Å². The van der Waals surface area contributed by atoms with E-state index in [-0.39, 0.29) is 0 Å². The minimum absolute atomic E-state index is 0.993. The standard InChI is InChI=1S/C52H78N4/c1-5-9-13-17-21-25-29-41-37-46-39-44-34-33-42(53-44)38-43-35-36-45(54-43)40-50-47(30-26-22-18-14-10-6-2)48(31-27-23-19-15-11-7-3)52(56-50)49(51(41)55-46)32-28-24-20-16-12-8-4/h33-40,53,55H,5-32H2,1-4H3. The highest BCUT2D eigenvalue weighted by Crippen LogP contribution is 2.40. The fourth-order valence-corrected chi connectivity index (χ4v) is 8.86. The van der Waals surface area contributed by atoms with Gasteiger partial charge in [0.1, 0.15) is 0 Å². The van der Waals surface area contributed by atoms with E-state index >= 15 is 0 Å². The molecule has 8 bridgehead atoms. The van der Waals surface area contributed by atoms with Gasteiger partial charge in [-0.2, -0.15) is 0 Å². The molecule has 2 aliphatic heterocycles. The van der Waals surface area contributed by atoms with Crippen LogP contribution in [0.4, 0.5) is 0 Å². The molecule has 0 saturated carbocycles. The van der Waals surface area contributed by atoms with Crippen molar-refractivity contribution in [2.45, 2.75) is 207 Å². The summed E-state index contributed by atoms with van der Waals surface area (Å²) in [6.07, 6.45) is 40.3. The Morgan fingerprint density at radius 2 is 0.893 bits per heavy atom. The molecule has 0 saturated heterocycles. The SMILES string of the molecule is CCCCCCCCC1=C(CCCCCCCC)c2nc1cc1nc(cc3ccc(cc4cc(CCCCCCCC)c([nH]4)c2CCCCCCCC)[nH]3)C=C1. The van der Waals surface area contributed by atoms with Crippen LogP contribution in [0.5, 0.6) is 0 Å². The third kappa shape index (κ3) is 13.9. The predicted molar refractivity (Wildman–Crippen MR) is 247 cm³/mol. The molecule has 4 heteroatoms. The first-order valence-corrected chi connectivity index (χ1v) is 23.8. The first-order chi connectivity index (χ1) is 27.6. The second-order valence-corrected chi connectivity index (χ2v) is 17.1. The largest absolute Gasteiger partial charge is 0.355 e. The molecule has 0 fully saturated rings. The van der Waals surface area contributed by atoms with Crippen LogP contribution >= 0.6 is 0 Å². The molecule has 306 valence electrons. The molecule has 5 heterocycles. The van der Waals surface area contributed by atoms with Crippen molar-refractivity contribution >= 4 is 45.4 Å². The van der Waals surface area contributed by atoms with E-state index in [1.54, 1.807) is 5.57 Å². The van der Waals surface area contributed by atoms with Gasteiger partial charge in [0.2, 0.25) is 0 Å². The zero-order chi connectivity index (χ0) is 39.2. The minimum atomic E-state index is 0.993. The molecule has 0 atom stereocenters. The van der Waals surface area contributed by atoms with Crippen molar-refractivity contribution in [1.82, 2.24) is 19.9 Å². The van der Waals surface area contributed by atoms with Crippen molar-refractivity contribution in [2.75, 3.05) is 0 Å². The van der Waals surface area contributed by atoms with Crippen LogP contribution < -0.4 is 0 Å². The van der Waals surface area contributed by atoms with Crippen LogP contribution in [0, 0.1) is 0 Å². The van der Waals surface area contributed by atoms with Gasteiger partial charge in [-0.1, -0.05) is 156 Å². The predicted octanol–water partition coefficient (Wildman–Crippen LogP) is 16.7. The van der Waals surface area contributed by atoms with Crippen LogP contribution in [0.1, 0.15) is 229 Å². The lowest BCUT2D eigenvalue weighted by molar-refractivity contribution is 0.605. The highest BCUT2D eigenvalue weighted by atomic mass is 14.8. The summed E-state index contributed by atoms with van der Waals surface area (Å²) in [5.41, 5.74) is 15.2. The number of allylic oxidation sites excluding steroid dienone is 2. The molecule has 0 aromatic carbocycles. The van der Waals surface area contributed by atoms with E-state index in [0.717, 1.165) is 48.1 Å². The molecule has 3 aromatic heterocycles. The number of unbranched alkanes of at least 4 members (excludes halogenated alkanes) is 20. The van der Waals surface area contributed by atoms with E-state index < -0.39 is 0 Å². The molecule has 3 aromatic rings. The number of rotatable bonds is 28. The first kappa shape index (κ1) is 43.7. The van der Waals surface area contributed by atoms with Crippen molar-refractivity contribution in [2.24, 2.45) is 0 Å². The normalized spacial score (nSPS) is 12.7. The van der Waals surface area contributed by atoms with Gasteiger partial charge >= 0.3 is 0 Å². The second kappa shape index (κ2) is 25.1. The fraction of sp³-hybridized carbons (Fsp3) is 0.615. The van der Waals surface area contributed by atoms with Gasteiger partial charge in [-0.15, -0.1) is 0 Å². The molecular weight excluding hydrogens is 681 g/mol. The average Bonchev–Trinajstić information content (AvgIpc) is 4.00. The van der Waals surface area contributed by atoms with Crippen molar-refractivity contribution < 1.29 is 0 Å². The Hall–Kier alpha value is -3.40. The van der Waals surface area contributed by atoms with Crippen LogP contribution in [0.2, 0.25) is 0 Å². The number of aromatic amines is 2. The summed E-state index contributed by atoms with van der Waals surface area (Å²) < 4.78 is 0. The Morgan fingerprint density at radius 1 is 0.411 bits per heavy atom. The molecule has 0 aliphatic carbocycles. The third-order valence-electron chi connectivity index (χ3n) is 12.2. The maximum absolute atomic E-state index is 5.78. The zero-order valence-corrected chi connectivity index (χ0v) is 36.3. The highest BCUT2D eigenvalue weighted by Gasteiger charge is 2.24. The molecule has 0 radical (unpaired) electrons. The summed E-state index contributed by atoms with van der Waals surface area (Å²) in [6, 6.07) is 13.6. The number of hydrogen-bond acceptors (Lipinski definition) is 2. The Labute approximate surface area is 341 Å². The maximum Gasteiger partial charge on any atom is 0.0725 e. The van der Waals surface area contributed by atoms with Gasteiger partial charge in [-0.3, -0.25) is 0 Å². The van der Waals surface area contributed by atoms with Crippen LogP contribution in [0.25, 0.3) is 45.4 Å². The van der Waals surface area contributed by atoms with Crippen molar-refractivity contribution in [3.63, 3.8) is 0 Å². The second-order valence-electron chi connectivity index (χ2n) is 17.1. The van der Waals surface area contributed by atoms with E-state index in [1.807, 2.05) is 0 Å². The Bertz CT molecular complexity index is 1820. The molecule has 4 nitrogen and oxygen atoms in total. The summed E-state index contributed by atoms with van der Waals surface area (Å²) in [4.78, 5) is 18.6. The number of nitrogens with zero attached hydrogens (tertiary/aromatic N) is 2. The summed E-state index contributed by atoms with van der Waals surface area (Å²) in [5, 5.41) is 0. The maximum atomic E-state index is 5.78. The third-order valence-corrected chi connectivity index (χ3v) is 12.2. The van der Waals surface area contributed by atoms with Crippen molar-refractivity contribution in [3.8, 4) is 0 Å². The smallest absolute Gasteiger partial charge is 0.0725 e. The van der Waals surface area contributed by atoms with E-state index in [2.05, 4.69) is 86.2 Å². The summed E-state index contributed by atoms with van der Waals surface area (Å²) in [5.74, 6) is 0. The highest BCUT2D eigenvalue weighted by molar-refractivity contribution is 5.95. The lowest BCUT2D eigenvalue weighted by atomic mass is 9.91.